The van der Waals surface area contributed by atoms with E-state index in [1.807, 2.05) is 0 Å². The summed E-state index contributed by atoms with van der Waals surface area (Å²) < 4.78 is 44.6. The van der Waals surface area contributed by atoms with Crippen molar-refractivity contribution in [1.82, 2.24) is 9.97 Å². The fourth-order valence-corrected chi connectivity index (χ4v) is 3.19. The first-order chi connectivity index (χ1) is 11.8. The fraction of sp³-hybridized carbons (Fsp3) is 0.667. The normalized spacial score (nSPS) is 27.3. The first kappa shape index (κ1) is 17.7. The van der Waals surface area contributed by atoms with Crippen LogP contribution in [0.25, 0.3) is 0 Å². The third-order valence-electron chi connectivity index (χ3n) is 4.50. The van der Waals surface area contributed by atoms with Gasteiger partial charge >= 0.3 is 12.1 Å². The van der Waals surface area contributed by atoms with Crippen LogP contribution in [0.4, 0.5) is 24.9 Å². The van der Waals surface area contributed by atoms with Gasteiger partial charge in [-0.1, -0.05) is 0 Å². The van der Waals surface area contributed by atoms with Gasteiger partial charge in [-0.3, -0.25) is 4.79 Å². The van der Waals surface area contributed by atoms with Gasteiger partial charge in [0.1, 0.15) is 5.82 Å². The molecule has 0 aliphatic carbocycles. The smallest absolute Gasteiger partial charge is 0.394 e. The van der Waals surface area contributed by atoms with Gasteiger partial charge in [0.2, 0.25) is 5.95 Å². The standard InChI is InChI=1S/C15H19F3N4O3/c16-15(17,18)11-7-22(6-10(11)13(23)24)14-19-4-3-12(21-14)20-9-2-1-5-25-8-9/h3-4,9-11H,1-2,5-8H2,(H,23,24)(H,19,20,21)/t9?,10-,11-/m1/s1. The number of carbonyl (C=O) groups is 1. The SMILES string of the molecule is O=C(O)[C@@H]1CN(c2nccc(NC3CCCOC3)n2)C[C@H]1C(F)(F)F. The number of rotatable bonds is 4. The summed E-state index contributed by atoms with van der Waals surface area (Å²) >= 11 is 0. The Morgan fingerprint density at radius 3 is 2.80 bits per heavy atom. The molecule has 25 heavy (non-hydrogen) atoms. The molecule has 0 aromatic carbocycles. The summed E-state index contributed by atoms with van der Waals surface area (Å²) in [4.78, 5) is 20.7. The van der Waals surface area contributed by atoms with E-state index < -0.39 is 30.5 Å². The lowest BCUT2D eigenvalue weighted by Crippen LogP contribution is -2.33. The maximum absolute atomic E-state index is 13.1. The molecule has 3 rings (SSSR count). The van der Waals surface area contributed by atoms with Crippen molar-refractivity contribution in [3.05, 3.63) is 12.3 Å². The summed E-state index contributed by atoms with van der Waals surface area (Å²) in [5, 5.41) is 12.3. The highest BCUT2D eigenvalue weighted by Crippen LogP contribution is 2.38. The van der Waals surface area contributed by atoms with Crippen molar-refractivity contribution in [2.24, 2.45) is 11.8 Å². The van der Waals surface area contributed by atoms with Gasteiger partial charge in [-0.2, -0.15) is 18.2 Å². The average molecular weight is 360 g/mol. The van der Waals surface area contributed by atoms with Crippen LogP contribution in [-0.4, -0.2) is 59.6 Å². The summed E-state index contributed by atoms with van der Waals surface area (Å²) in [5.74, 6) is -4.33. The Labute approximate surface area is 142 Å². The van der Waals surface area contributed by atoms with Gasteiger partial charge in [0.25, 0.3) is 0 Å². The van der Waals surface area contributed by atoms with Crippen LogP contribution in [-0.2, 0) is 9.53 Å². The zero-order valence-electron chi connectivity index (χ0n) is 13.4. The number of halogens is 3. The highest BCUT2D eigenvalue weighted by molar-refractivity contribution is 5.72. The molecule has 10 heteroatoms. The number of nitrogens with zero attached hydrogens (tertiary/aromatic N) is 3. The zero-order valence-corrected chi connectivity index (χ0v) is 13.4. The third-order valence-corrected chi connectivity index (χ3v) is 4.50. The van der Waals surface area contributed by atoms with Crippen LogP contribution in [0, 0.1) is 11.8 Å². The summed E-state index contributed by atoms with van der Waals surface area (Å²) in [6, 6.07) is 1.72. The number of nitrogens with one attached hydrogen (secondary N) is 1. The first-order valence-corrected chi connectivity index (χ1v) is 8.06. The van der Waals surface area contributed by atoms with Gasteiger partial charge < -0.3 is 20.1 Å². The number of ether oxygens (including phenoxy) is 1. The molecule has 0 saturated carbocycles. The number of aliphatic carboxylic acids is 1. The molecular weight excluding hydrogens is 341 g/mol. The van der Waals surface area contributed by atoms with Crippen LogP contribution in [0.2, 0.25) is 0 Å². The minimum absolute atomic E-state index is 0.0877. The Hall–Kier alpha value is -2.10. The highest BCUT2D eigenvalue weighted by Gasteiger charge is 2.53. The molecule has 138 valence electrons. The first-order valence-electron chi connectivity index (χ1n) is 8.06. The third kappa shape index (κ3) is 4.12. The molecule has 3 atom stereocenters. The van der Waals surface area contributed by atoms with Crippen molar-refractivity contribution in [3.8, 4) is 0 Å². The summed E-state index contributed by atoms with van der Waals surface area (Å²) in [6.45, 7) is 0.530. The Kier molecular flexibility index (Phi) is 4.98. The van der Waals surface area contributed by atoms with E-state index in [0.29, 0.717) is 12.4 Å². The van der Waals surface area contributed by atoms with Gasteiger partial charge in [-0.15, -0.1) is 0 Å². The topological polar surface area (TPSA) is 87.6 Å². The predicted octanol–water partition coefficient (Wildman–Crippen LogP) is 1.77. The summed E-state index contributed by atoms with van der Waals surface area (Å²) in [5.41, 5.74) is 0. The van der Waals surface area contributed by atoms with E-state index in [9.17, 15) is 18.0 Å². The summed E-state index contributed by atoms with van der Waals surface area (Å²) in [6.07, 6.45) is -1.28. The van der Waals surface area contributed by atoms with Gasteiger partial charge in [0, 0.05) is 25.9 Å². The molecule has 7 nitrogen and oxygen atoms in total. The predicted molar refractivity (Wildman–Crippen MR) is 82.4 cm³/mol. The lowest BCUT2D eigenvalue weighted by Gasteiger charge is -2.24. The van der Waals surface area contributed by atoms with E-state index in [1.165, 1.54) is 11.1 Å². The number of hydrogen-bond acceptors (Lipinski definition) is 6. The molecule has 2 saturated heterocycles. The lowest BCUT2D eigenvalue weighted by molar-refractivity contribution is -0.187. The molecule has 3 heterocycles. The van der Waals surface area contributed by atoms with E-state index in [0.717, 1.165) is 19.4 Å². The molecule has 2 N–H and O–H groups in total. The van der Waals surface area contributed by atoms with Gasteiger partial charge in [0.05, 0.1) is 24.5 Å². The van der Waals surface area contributed by atoms with Crippen LogP contribution >= 0.6 is 0 Å². The molecule has 0 radical (unpaired) electrons. The quantitative estimate of drug-likeness (QED) is 0.846. The Balaban J connectivity index is 1.73. The average Bonchev–Trinajstić information content (AvgIpc) is 3.02. The van der Waals surface area contributed by atoms with Crippen molar-refractivity contribution in [2.45, 2.75) is 25.1 Å². The molecule has 0 spiro atoms. The lowest BCUT2D eigenvalue weighted by atomic mass is 9.96. The Morgan fingerprint density at radius 2 is 2.20 bits per heavy atom. The zero-order chi connectivity index (χ0) is 18.0. The molecule has 0 amide bonds. The molecule has 1 aromatic rings. The molecule has 0 bridgehead atoms. The van der Waals surface area contributed by atoms with Crippen molar-refractivity contribution in [1.29, 1.82) is 0 Å². The van der Waals surface area contributed by atoms with Crippen molar-refractivity contribution in [3.63, 3.8) is 0 Å². The minimum Gasteiger partial charge on any atom is -0.481 e. The molecule has 1 unspecified atom stereocenters. The van der Waals surface area contributed by atoms with Crippen molar-refractivity contribution < 1.29 is 27.8 Å². The fourth-order valence-electron chi connectivity index (χ4n) is 3.19. The molecule has 2 aliphatic heterocycles. The van der Waals surface area contributed by atoms with Gasteiger partial charge in [0.15, 0.2) is 0 Å². The van der Waals surface area contributed by atoms with Crippen LogP contribution in [0.5, 0.6) is 0 Å². The van der Waals surface area contributed by atoms with E-state index >= 15 is 0 Å². The second-order valence-electron chi connectivity index (χ2n) is 6.30. The largest absolute Gasteiger partial charge is 0.481 e. The van der Waals surface area contributed by atoms with Crippen LogP contribution < -0.4 is 10.2 Å². The number of carboxylic acid groups (broad SMARTS) is 1. The maximum atomic E-state index is 13.1. The van der Waals surface area contributed by atoms with E-state index in [-0.39, 0.29) is 18.5 Å². The second-order valence-corrected chi connectivity index (χ2v) is 6.30. The van der Waals surface area contributed by atoms with E-state index in [1.54, 1.807) is 6.07 Å². The number of alkyl halides is 3. The van der Waals surface area contributed by atoms with E-state index in [2.05, 4.69) is 15.3 Å². The molecule has 2 aliphatic rings. The molecular formula is C15H19F3N4O3. The summed E-state index contributed by atoms with van der Waals surface area (Å²) in [7, 11) is 0. The number of carboxylic acids is 1. The molecule has 2 fully saturated rings. The molecule has 1 aromatic heterocycles. The van der Waals surface area contributed by atoms with Crippen molar-refractivity contribution in [2.75, 3.05) is 36.5 Å². The second kappa shape index (κ2) is 7.03. The number of anilines is 2. The van der Waals surface area contributed by atoms with Gasteiger partial charge in [-0.05, 0) is 18.9 Å². The van der Waals surface area contributed by atoms with Gasteiger partial charge in [-0.25, -0.2) is 4.98 Å². The minimum atomic E-state index is -4.58. The maximum Gasteiger partial charge on any atom is 0.394 e. The Morgan fingerprint density at radius 1 is 1.40 bits per heavy atom. The van der Waals surface area contributed by atoms with Crippen LogP contribution in [0.1, 0.15) is 12.8 Å². The van der Waals surface area contributed by atoms with Crippen molar-refractivity contribution >= 4 is 17.7 Å². The Bertz CT molecular complexity index is 622. The number of aromatic nitrogens is 2. The highest BCUT2D eigenvalue weighted by atomic mass is 19.4. The van der Waals surface area contributed by atoms with Crippen LogP contribution in [0.3, 0.4) is 0 Å². The number of hydrogen-bond donors (Lipinski definition) is 2. The monoisotopic (exact) mass is 360 g/mol. The van der Waals surface area contributed by atoms with Crippen LogP contribution in [0.15, 0.2) is 12.3 Å². The van der Waals surface area contributed by atoms with E-state index in [4.69, 9.17) is 9.84 Å².